The van der Waals surface area contributed by atoms with Crippen LogP contribution in [0.2, 0.25) is 0 Å². The van der Waals surface area contributed by atoms with Crippen molar-refractivity contribution in [1.82, 2.24) is 9.13 Å². The number of fused-ring (bicyclic) bond motifs is 6. The molecule has 0 aliphatic heterocycles. The minimum atomic E-state index is 0.676. The van der Waals surface area contributed by atoms with Gasteiger partial charge in [0, 0.05) is 33.6 Å². The van der Waals surface area contributed by atoms with Gasteiger partial charge >= 0.3 is 0 Å². The van der Waals surface area contributed by atoms with Crippen LogP contribution in [-0.4, -0.2) is 9.13 Å². The van der Waals surface area contributed by atoms with Crippen LogP contribution in [0.5, 0.6) is 0 Å². The molecule has 0 aliphatic rings. The average molecular weight is 803 g/mol. The van der Waals surface area contributed by atoms with E-state index in [1.54, 1.807) is 0 Å². The second-order valence-electron chi connectivity index (χ2n) is 16.4. The SMILES string of the molecule is c1ccc(-c2cccc(-c3cccc(-c4cccc(-c5ccccc5)c4)c3Cn3c4ccccc4c4c(-n5c6ccccc6c6c(-c7ccccc7)cccc65)cccc43)c2)cc1. The number of hydrogen-bond donors (Lipinski definition) is 0. The fraction of sp³-hybridized carbons (Fsp3) is 0.0164. The van der Waals surface area contributed by atoms with Crippen LogP contribution in [0.15, 0.2) is 243 Å². The first-order valence-electron chi connectivity index (χ1n) is 21.8. The average Bonchev–Trinajstić information content (AvgIpc) is 3.88. The predicted octanol–water partition coefficient (Wildman–Crippen LogP) is 16.3. The lowest BCUT2D eigenvalue weighted by atomic mass is 9.89. The number of hydrogen-bond acceptors (Lipinski definition) is 0. The van der Waals surface area contributed by atoms with Crippen LogP contribution in [0.25, 0.3) is 105 Å². The summed E-state index contributed by atoms with van der Waals surface area (Å²) >= 11 is 0. The van der Waals surface area contributed by atoms with Crippen LogP contribution in [-0.2, 0) is 6.54 Å². The van der Waals surface area contributed by atoms with Gasteiger partial charge in [0.2, 0.25) is 0 Å². The summed E-state index contributed by atoms with van der Waals surface area (Å²) in [6, 6.07) is 88.6. The third-order valence-corrected chi connectivity index (χ3v) is 12.9. The van der Waals surface area contributed by atoms with Gasteiger partial charge in [0.05, 0.1) is 22.2 Å². The highest BCUT2D eigenvalue weighted by molar-refractivity contribution is 6.19. The normalized spacial score (nSPS) is 11.6. The fourth-order valence-electron chi connectivity index (χ4n) is 10.0. The first kappa shape index (κ1) is 36.6. The Morgan fingerprint density at radius 2 is 0.698 bits per heavy atom. The molecule has 2 heteroatoms. The lowest BCUT2D eigenvalue weighted by Crippen LogP contribution is -2.04. The van der Waals surface area contributed by atoms with E-state index in [4.69, 9.17) is 0 Å². The third-order valence-electron chi connectivity index (χ3n) is 12.9. The second kappa shape index (κ2) is 15.4. The smallest absolute Gasteiger partial charge is 0.0562 e. The summed E-state index contributed by atoms with van der Waals surface area (Å²) in [6.07, 6.45) is 0. The van der Waals surface area contributed by atoms with Crippen LogP contribution < -0.4 is 0 Å². The number of aromatic nitrogens is 2. The summed E-state index contributed by atoms with van der Waals surface area (Å²) in [5, 5.41) is 5.01. The van der Waals surface area contributed by atoms with Gasteiger partial charge in [-0.05, 0) is 104 Å². The van der Waals surface area contributed by atoms with Gasteiger partial charge in [-0.1, -0.05) is 200 Å². The summed E-state index contributed by atoms with van der Waals surface area (Å²) in [4.78, 5) is 0. The highest BCUT2D eigenvalue weighted by atomic mass is 15.0. The molecule has 2 heterocycles. The van der Waals surface area contributed by atoms with Crippen molar-refractivity contribution in [3.63, 3.8) is 0 Å². The van der Waals surface area contributed by atoms with Gasteiger partial charge in [0.1, 0.15) is 0 Å². The van der Waals surface area contributed by atoms with E-state index in [1.165, 1.54) is 110 Å². The van der Waals surface area contributed by atoms with Gasteiger partial charge in [-0.25, -0.2) is 0 Å². The number of benzene rings is 10. The maximum absolute atomic E-state index is 2.56. The Bertz CT molecular complexity index is 3530. The maximum Gasteiger partial charge on any atom is 0.0562 e. The van der Waals surface area contributed by atoms with Gasteiger partial charge in [-0.2, -0.15) is 0 Å². The topological polar surface area (TPSA) is 9.86 Å². The molecule has 296 valence electrons. The summed E-state index contributed by atoms with van der Waals surface area (Å²) in [5.41, 5.74) is 19.4. The van der Waals surface area contributed by atoms with Crippen LogP contribution in [0, 0.1) is 0 Å². The molecule has 0 spiro atoms. The van der Waals surface area contributed by atoms with E-state index in [2.05, 4.69) is 252 Å². The first-order chi connectivity index (χ1) is 31.3. The van der Waals surface area contributed by atoms with Gasteiger partial charge in [-0.3, -0.25) is 0 Å². The molecular weight excluding hydrogens is 761 g/mol. The largest absolute Gasteiger partial charge is 0.336 e. The molecule has 0 bridgehead atoms. The second-order valence-corrected chi connectivity index (χ2v) is 16.4. The van der Waals surface area contributed by atoms with Gasteiger partial charge in [0.25, 0.3) is 0 Å². The van der Waals surface area contributed by atoms with E-state index >= 15 is 0 Å². The summed E-state index contributed by atoms with van der Waals surface area (Å²) < 4.78 is 5.06. The monoisotopic (exact) mass is 802 g/mol. The molecule has 0 atom stereocenters. The molecule has 0 unspecified atom stereocenters. The molecule has 0 radical (unpaired) electrons. The van der Waals surface area contributed by atoms with Crippen molar-refractivity contribution in [1.29, 1.82) is 0 Å². The Kier molecular flexibility index (Phi) is 8.93. The zero-order chi connectivity index (χ0) is 41.7. The van der Waals surface area contributed by atoms with Crippen molar-refractivity contribution >= 4 is 43.6 Å². The van der Waals surface area contributed by atoms with E-state index in [0.717, 1.165) is 0 Å². The number of rotatable bonds is 8. The van der Waals surface area contributed by atoms with Crippen molar-refractivity contribution in [2.45, 2.75) is 6.54 Å². The Morgan fingerprint density at radius 3 is 1.33 bits per heavy atom. The molecule has 10 aromatic carbocycles. The zero-order valence-corrected chi connectivity index (χ0v) is 34.7. The molecule has 2 aromatic heterocycles. The first-order valence-corrected chi connectivity index (χ1v) is 21.8. The molecule has 0 N–H and O–H groups in total. The van der Waals surface area contributed by atoms with Crippen molar-refractivity contribution < 1.29 is 0 Å². The third kappa shape index (κ3) is 6.26. The van der Waals surface area contributed by atoms with E-state index in [-0.39, 0.29) is 0 Å². The molecule has 63 heavy (non-hydrogen) atoms. The van der Waals surface area contributed by atoms with E-state index in [0.29, 0.717) is 6.54 Å². The van der Waals surface area contributed by atoms with Crippen LogP contribution in [0.4, 0.5) is 0 Å². The van der Waals surface area contributed by atoms with Crippen molar-refractivity contribution in [2.75, 3.05) is 0 Å². The number of nitrogens with zero attached hydrogens (tertiary/aromatic N) is 2. The van der Waals surface area contributed by atoms with Crippen LogP contribution in [0.3, 0.4) is 0 Å². The molecule has 0 saturated carbocycles. The van der Waals surface area contributed by atoms with Gasteiger partial charge < -0.3 is 9.13 Å². The maximum atomic E-state index is 2.56. The van der Waals surface area contributed by atoms with Crippen molar-refractivity contribution in [3.05, 3.63) is 248 Å². The minimum absolute atomic E-state index is 0.676. The van der Waals surface area contributed by atoms with Crippen molar-refractivity contribution in [3.8, 4) is 61.3 Å². The summed E-state index contributed by atoms with van der Waals surface area (Å²) in [6.45, 7) is 0.676. The van der Waals surface area contributed by atoms with Crippen LogP contribution in [0.1, 0.15) is 5.56 Å². The molecule has 0 aliphatic carbocycles. The van der Waals surface area contributed by atoms with Gasteiger partial charge in [-0.15, -0.1) is 0 Å². The molecule has 0 fully saturated rings. The standard InChI is InChI=1S/C61H42N2/c1-4-19-42(20-5-1)45-25-14-27-47(39-45)49-31-16-32-50(48-28-15-26-46(40-48)43-21-6-2-7-22-43)54(49)41-62-55-34-12-10-29-52(55)61-57(62)36-18-38-59(61)63-56-35-13-11-30-53(56)60-51(33-17-37-58(60)63)44-23-8-3-9-24-44/h1-40H,41H2. The summed E-state index contributed by atoms with van der Waals surface area (Å²) in [7, 11) is 0. The Morgan fingerprint density at radius 1 is 0.270 bits per heavy atom. The van der Waals surface area contributed by atoms with Crippen molar-refractivity contribution in [2.24, 2.45) is 0 Å². The highest BCUT2D eigenvalue weighted by Gasteiger charge is 2.22. The Hall–Kier alpha value is -8.20. The van der Waals surface area contributed by atoms with E-state index in [1.807, 2.05) is 0 Å². The fourth-order valence-corrected chi connectivity index (χ4v) is 10.0. The summed E-state index contributed by atoms with van der Waals surface area (Å²) in [5.74, 6) is 0. The predicted molar refractivity (Wildman–Crippen MR) is 267 cm³/mol. The lowest BCUT2D eigenvalue weighted by Gasteiger charge is -2.19. The van der Waals surface area contributed by atoms with Gasteiger partial charge in [0.15, 0.2) is 0 Å². The molecular formula is C61H42N2. The lowest BCUT2D eigenvalue weighted by molar-refractivity contribution is 0.872. The minimum Gasteiger partial charge on any atom is -0.336 e. The Labute approximate surface area is 367 Å². The Balaban J connectivity index is 1.10. The van der Waals surface area contributed by atoms with Crippen LogP contribution >= 0.6 is 0 Å². The molecule has 0 amide bonds. The quantitative estimate of drug-likeness (QED) is 0.145. The molecule has 12 rings (SSSR count). The molecule has 12 aromatic rings. The molecule has 0 saturated heterocycles. The zero-order valence-electron chi connectivity index (χ0n) is 34.7. The molecule has 2 nitrogen and oxygen atoms in total. The van der Waals surface area contributed by atoms with E-state index < -0.39 is 0 Å². The number of para-hydroxylation sites is 2. The highest BCUT2D eigenvalue weighted by Crippen LogP contribution is 2.43. The van der Waals surface area contributed by atoms with E-state index in [9.17, 15) is 0 Å².